The monoisotopic (exact) mass is 417 g/mol. The van der Waals surface area contributed by atoms with Crippen molar-refractivity contribution in [2.24, 2.45) is 0 Å². The van der Waals surface area contributed by atoms with E-state index in [4.69, 9.17) is 19.9 Å². The average molecular weight is 417 g/mol. The van der Waals surface area contributed by atoms with Crippen LogP contribution in [0.4, 0.5) is 5.82 Å². The quantitative estimate of drug-likeness (QED) is 0.400. The Kier molecular flexibility index (Phi) is 5.68. The minimum atomic E-state index is -1.27. The molecule has 4 rings (SSSR count). The van der Waals surface area contributed by atoms with Crippen molar-refractivity contribution >= 4 is 17.0 Å². The van der Waals surface area contributed by atoms with Crippen LogP contribution >= 0.6 is 0 Å². The minimum Gasteiger partial charge on any atom is -0.497 e. The van der Waals surface area contributed by atoms with Gasteiger partial charge in [0.25, 0.3) is 0 Å². The number of fused-ring (bicyclic) bond motifs is 1. The van der Waals surface area contributed by atoms with E-state index in [9.17, 15) is 15.3 Å². The first-order chi connectivity index (χ1) is 14.5. The Balaban J connectivity index is 1.53. The van der Waals surface area contributed by atoms with Gasteiger partial charge in [-0.2, -0.15) is 9.97 Å². The third-order valence-electron chi connectivity index (χ3n) is 4.98. The van der Waals surface area contributed by atoms with Gasteiger partial charge in [-0.1, -0.05) is 12.1 Å². The molecule has 0 saturated carbocycles. The lowest BCUT2D eigenvalue weighted by molar-refractivity contribution is -0.0511. The number of anilines is 1. The van der Waals surface area contributed by atoms with Gasteiger partial charge in [-0.05, 0) is 17.7 Å². The van der Waals surface area contributed by atoms with Gasteiger partial charge in [0, 0.05) is 6.42 Å². The predicted molar refractivity (Wildman–Crippen MR) is 105 cm³/mol. The van der Waals surface area contributed by atoms with Gasteiger partial charge in [0.15, 0.2) is 23.2 Å². The molecule has 1 aromatic carbocycles. The first-order valence-electron chi connectivity index (χ1n) is 9.40. The summed E-state index contributed by atoms with van der Waals surface area (Å²) in [6, 6.07) is 7.69. The molecule has 0 bridgehead atoms. The van der Waals surface area contributed by atoms with Crippen molar-refractivity contribution < 1.29 is 29.5 Å². The van der Waals surface area contributed by atoms with E-state index >= 15 is 0 Å². The summed E-state index contributed by atoms with van der Waals surface area (Å²) in [6.07, 6.45) is -2.42. The third-order valence-corrected chi connectivity index (χ3v) is 4.98. The summed E-state index contributed by atoms with van der Waals surface area (Å²) in [7, 11) is 1.61. The molecule has 0 aliphatic carbocycles. The zero-order valence-corrected chi connectivity index (χ0v) is 16.3. The predicted octanol–water partition coefficient (Wildman–Crippen LogP) is -0.350. The lowest BCUT2D eigenvalue weighted by Crippen LogP contribution is -2.33. The van der Waals surface area contributed by atoms with Crippen LogP contribution in [0.15, 0.2) is 30.6 Å². The normalized spacial score (nSPS) is 23.7. The largest absolute Gasteiger partial charge is 0.497 e. The Morgan fingerprint density at radius 1 is 1.23 bits per heavy atom. The summed E-state index contributed by atoms with van der Waals surface area (Å²) >= 11 is 0. The first kappa shape index (κ1) is 20.3. The van der Waals surface area contributed by atoms with Gasteiger partial charge in [0.1, 0.15) is 24.1 Å². The number of nitrogen functional groups attached to an aromatic ring is 1. The van der Waals surface area contributed by atoms with Gasteiger partial charge < -0.3 is 35.3 Å². The van der Waals surface area contributed by atoms with Crippen molar-refractivity contribution in [2.45, 2.75) is 31.0 Å². The van der Waals surface area contributed by atoms with Crippen molar-refractivity contribution in [1.29, 1.82) is 0 Å². The maximum atomic E-state index is 10.3. The van der Waals surface area contributed by atoms with E-state index in [0.717, 1.165) is 11.3 Å². The molecule has 11 nitrogen and oxygen atoms in total. The number of aromatic nitrogens is 4. The van der Waals surface area contributed by atoms with Crippen LogP contribution in [0.5, 0.6) is 11.8 Å². The maximum absolute atomic E-state index is 10.3. The van der Waals surface area contributed by atoms with Crippen LogP contribution in [0.3, 0.4) is 0 Å². The van der Waals surface area contributed by atoms with Crippen LogP contribution in [0.2, 0.25) is 0 Å². The van der Waals surface area contributed by atoms with Gasteiger partial charge in [-0.3, -0.25) is 4.57 Å². The Morgan fingerprint density at radius 2 is 2.07 bits per heavy atom. The van der Waals surface area contributed by atoms with E-state index < -0.39 is 31.1 Å². The molecule has 1 fully saturated rings. The van der Waals surface area contributed by atoms with Crippen LogP contribution in [0.25, 0.3) is 11.2 Å². The average Bonchev–Trinajstić information content (AvgIpc) is 3.29. The standard InChI is InChI=1S/C19H23N5O6/c1-28-11-4-2-3-10(7-11)5-6-29-19-22-16(20)13-17(23-19)24(9-21-13)18-15(27)14(26)12(8-25)30-18/h2-4,7,9,12,14-15,18,25-27H,5-6,8H2,1H3,(H2,20,22,23)/t12-,14-,15-,18?/m1/s1. The van der Waals surface area contributed by atoms with Crippen LogP contribution in [-0.4, -0.2) is 73.5 Å². The molecule has 3 aromatic rings. The van der Waals surface area contributed by atoms with Gasteiger partial charge in [0.2, 0.25) is 0 Å². The number of nitrogens with two attached hydrogens (primary N) is 1. The molecule has 1 unspecified atom stereocenters. The summed E-state index contributed by atoms with van der Waals surface area (Å²) in [5.41, 5.74) is 7.62. The lowest BCUT2D eigenvalue weighted by Gasteiger charge is -2.16. The first-order valence-corrected chi connectivity index (χ1v) is 9.40. The fourth-order valence-corrected chi connectivity index (χ4v) is 3.37. The molecule has 160 valence electrons. The second kappa shape index (κ2) is 8.40. The number of nitrogens with zero attached hydrogens (tertiary/aromatic N) is 4. The van der Waals surface area contributed by atoms with Crippen molar-refractivity contribution in [3.8, 4) is 11.8 Å². The second-order valence-electron chi connectivity index (χ2n) is 6.89. The van der Waals surface area contributed by atoms with E-state index in [1.165, 1.54) is 10.9 Å². The van der Waals surface area contributed by atoms with E-state index in [-0.39, 0.29) is 17.5 Å². The molecule has 0 radical (unpaired) electrons. The fraction of sp³-hybridized carbons (Fsp3) is 0.421. The number of aliphatic hydroxyl groups is 3. The number of imidazole rings is 1. The van der Waals surface area contributed by atoms with Gasteiger partial charge in [0.05, 0.1) is 26.7 Å². The highest BCUT2D eigenvalue weighted by molar-refractivity contribution is 5.82. The summed E-state index contributed by atoms with van der Waals surface area (Å²) in [6.45, 7) is -0.128. The molecule has 0 spiro atoms. The molecule has 4 atom stereocenters. The molecule has 5 N–H and O–H groups in total. The van der Waals surface area contributed by atoms with E-state index in [1.807, 2.05) is 24.3 Å². The van der Waals surface area contributed by atoms with Crippen LogP contribution < -0.4 is 15.2 Å². The third kappa shape index (κ3) is 3.75. The summed E-state index contributed by atoms with van der Waals surface area (Å²) < 4.78 is 17.9. The van der Waals surface area contributed by atoms with Gasteiger partial charge in [-0.15, -0.1) is 0 Å². The molecule has 0 amide bonds. The van der Waals surface area contributed by atoms with Gasteiger partial charge >= 0.3 is 6.01 Å². The fourth-order valence-electron chi connectivity index (χ4n) is 3.37. The number of rotatable bonds is 7. The summed E-state index contributed by atoms with van der Waals surface area (Å²) in [4.78, 5) is 12.6. The summed E-state index contributed by atoms with van der Waals surface area (Å²) in [5, 5.41) is 29.6. The SMILES string of the molecule is COc1cccc(CCOc2nc(N)c3ncn(C4O[C@H](CO)[C@@H](O)[C@H]4O)c3n2)c1. The van der Waals surface area contributed by atoms with Crippen molar-refractivity contribution in [1.82, 2.24) is 19.5 Å². The van der Waals surface area contributed by atoms with Crippen LogP contribution in [0.1, 0.15) is 11.8 Å². The topological polar surface area (TPSA) is 158 Å². The molecule has 2 aromatic heterocycles. The van der Waals surface area contributed by atoms with E-state index in [1.54, 1.807) is 7.11 Å². The van der Waals surface area contributed by atoms with Gasteiger partial charge in [-0.25, -0.2) is 4.98 Å². The number of aliphatic hydroxyl groups excluding tert-OH is 3. The maximum Gasteiger partial charge on any atom is 0.320 e. The molecule has 3 heterocycles. The van der Waals surface area contributed by atoms with Crippen molar-refractivity contribution in [3.05, 3.63) is 36.2 Å². The molecule has 11 heteroatoms. The molecular formula is C19H23N5O6. The van der Waals surface area contributed by atoms with Crippen molar-refractivity contribution in [3.63, 3.8) is 0 Å². The lowest BCUT2D eigenvalue weighted by atomic mass is 10.1. The number of ether oxygens (including phenoxy) is 3. The van der Waals surface area contributed by atoms with E-state index in [2.05, 4.69) is 15.0 Å². The number of hydrogen-bond acceptors (Lipinski definition) is 10. The van der Waals surface area contributed by atoms with Crippen LogP contribution in [-0.2, 0) is 11.2 Å². The minimum absolute atomic E-state index is 0.0522. The molecule has 1 aliphatic rings. The second-order valence-corrected chi connectivity index (χ2v) is 6.89. The highest BCUT2D eigenvalue weighted by atomic mass is 16.6. The molecular weight excluding hydrogens is 394 g/mol. The number of hydrogen-bond donors (Lipinski definition) is 4. The Hall–Kier alpha value is -2.99. The molecule has 1 saturated heterocycles. The zero-order valence-electron chi connectivity index (χ0n) is 16.3. The Labute approximate surface area is 171 Å². The molecule has 1 aliphatic heterocycles. The number of methoxy groups -OCH3 is 1. The number of benzene rings is 1. The smallest absolute Gasteiger partial charge is 0.320 e. The van der Waals surface area contributed by atoms with Crippen LogP contribution in [0, 0.1) is 0 Å². The zero-order chi connectivity index (χ0) is 21.3. The summed E-state index contributed by atoms with van der Waals surface area (Å²) in [5.74, 6) is 0.874. The van der Waals surface area contributed by atoms with Crippen molar-refractivity contribution in [2.75, 3.05) is 26.1 Å². The highest BCUT2D eigenvalue weighted by Gasteiger charge is 2.44. The Bertz CT molecular complexity index is 1030. The molecule has 30 heavy (non-hydrogen) atoms. The van der Waals surface area contributed by atoms with E-state index in [0.29, 0.717) is 18.5 Å². The Morgan fingerprint density at radius 3 is 2.80 bits per heavy atom. The highest BCUT2D eigenvalue weighted by Crippen LogP contribution is 2.32.